The molecule has 0 saturated heterocycles. The molecule has 0 aliphatic heterocycles. The average molecular weight is 247 g/mol. The number of nitrogens with one attached hydrogen (secondary N) is 2. The van der Waals surface area contributed by atoms with Crippen LogP contribution in [0.1, 0.15) is 10.4 Å². The summed E-state index contributed by atoms with van der Waals surface area (Å²) in [5, 5.41) is 6.05. The van der Waals surface area contributed by atoms with Crippen molar-refractivity contribution < 1.29 is 4.79 Å². The van der Waals surface area contributed by atoms with Gasteiger partial charge in [-0.1, -0.05) is 12.1 Å². The number of carbonyl (C=O) groups is 1. The number of hydrogen-bond acceptors (Lipinski definition) is 3. The Kier molecular flexibility index (Phi) is 3.39. The molecule has 17 heavy (non-hydrogen) atoms. The Balaban J connectivity index is 1.98. The SMILES string of the molecule is Cc1cccc(NC(=O)Nc2ncc(C)s2)c1. The maximum atomic E-state index is 11.6. The van der Waals surface area contributed by atoms with E-state index in [1.807, 2.05) is 38.1 Å². The molecule has 2 aromatic rings. The zero-order chi connectivity index (χ0) is 12.3. The smallest absolute Gasteiger partial charge is 0.308 e. The standard InChI is InChI=1S/C12H13N3OS/c1-8-4-3-5-10(6-8)14-11(16)15-12-13-7-9(2)17-12/h3-7H,1-2H3,(H2,13,14,15,16). The summed E-state index contributed by atoms with van der Waals surface area (Å²) in [7, 11) is 0. The fourth-order valence-electron chi connectivity index (χ4n) is 1.39. The maximum Gasteiger partial charge on any atom is 0.325 e. The number of urea groups is 1. The molecule has 0 spiro atoms. The normalized spacial score (nSPS) is 10.0. The fraction of sp³-hybridized carbons (Fsp3) is 0.167. The van der Waals surface area contributed by atoms with Gasteiger partial charge in [-0.25, -0.2) is 9.78 Å². The van der Waals surface area contributed by atoms with Gasteiger partial charge in [-0.2, -0.15) is 0 Å². The van der Waals surface area contributed by atoms with E-state index >= 15 is 0 Å². The highest BCUT2D eigenvalue weighted by molar-refractivity contribution is 7.15. The van der Waals surface area contributed by atoms with Crippen LogP contribution in [-0.4, -0.2) is 11.0 Å². The first-order valence-electron chi connectivity index (χ1n) is 5.20. The quantitative estimate of drug-likeness (QED) is 0.854. The summed E-state index contributed by atoms with van der Waals surface area (Å²) in [4.78, 5) is 16.8. The topological polar surface area (TPSA) is 54.0 Å². The Morgan fingerprint density at radius 2 is 2.12 bits per heavy atom. The molecule has 0 saturated carbocycles. The van der Waals surface area contributed by atoms with Gasteiger partial charge in [0.25, 0.3) is 0 Å². The Hall–Kier alpha value is -1.88. The van der Waals surface area contributed by atoms with Crippen LogP contribution in [0.3, 0.4) is 0 Å². The van der Waals surface area contributed by atoms with Crippen LogP contribution in [0, 0.1) is 13.8 Å². The minimum Gasteiger partial charge on any atom is -0.308 e. The molecule has 2 rings (SSSR count). The molecular weight excluding hydrogens is 234 g/mol. The Morgan fingerprint density at radius 1 is 1.29 bits per heavy atom. The molecule has 2 N–H and O–H groups in total. The first kappa shape index (κ1) is 11.6. The monoisotopic (exact) mass is 247 g/mol. The van der Waals surface area contributed by atoms with Gasteiger partial charge >= 0.3 is 6.03 Å². The van der Waals surface area contributed by atoms with Crippen LogP contribution in [0.4, 0.5) is 15.6 Å². The van der Waals surface area contributed by atoms with E-state index in [0.29, 0.717) is 5.13 Å². The lowest BCUT2D eigenvalue weighted by molar-refractivity contribution is 0.262. The first-order chi connectivity index (χ1) is 8.13. The van der Waals surface area contributed by atoms with E-state index in [4.69, 9.17) is 0 Å². The van der Waals surface area contributed by atoms with Gasteiger partial charge in [0.15, 0.2) is 5.13 Å². The van der Waals surface area contributed by atoms with Gasteiger partial charge in [0.05, 0.1) is 0 Å². The highest BCUT2D eigenvalue weighted by Gasteiger charge is 2.05. The number of thiazole rings is 1. The van der Waals surface area contributed by atoms with Crippen molar-refractivity contribution in [3.05, 3.63) is 40.9 Å². The Bertz CT molecular complexity index is 536. The number of carbonyl (C=O) groups excluding carboxylic acids is 1. The maximum absolute atomic E-state index is 11.6. The second-order valence-electron chi connectivity index (χ2n) is 3.72. The molecule has 0 atom stereocenters. The number of anilines is 2. The predicted octanol–water partition coefficient (Wildman–Crippen LogP) is 3.40. The van der Waals surface area contributed by atoms with E-state index in [0.717, 1.165) is 16.1 Å². The highest BCUT2D eigenvalue weighted by atomic mass is 32.1. The van der Waals surface area contributed by atoms with Crippen LogP contribution >= 0.6 is 11.3 Å². The van der Waals surface area contributed by atoms with Crippen molar-refractivity contribution in [2.24, 2.45) is 0 Å². The number of rotatable bonds is 2. The molecule has 0 fully saturated rings. The third-order valence-corrected chi connectivity index (χ3v) is 2.95. The third kappa shape index (κ3) is 3.29. The van der Waals surface area contributed by atoms with E-state index in [-0.39, 0.29) is 6.03 Å². The Labute approximate surface area is 104 Å². The molecule has 1 aromatic heterocycles. The molecule has 0 aliphatic carbocycles. The van der Waals surface area contributed by atoms with Crippen molar-refractivity contribution in [1.82, 2.24) is 4.98 Å². The number of aryl methyl sites for hydroxylation is 2. The van der Waals surface area contributed by atoms with Gasteiger partial charge in [0.2, 0.25) is 0 Å². The molecule has 1 aromatic carbocycles. The zero-order valence-corrected chi connectivity index (χ0v) is 10.5. The van der Waals surface area contributed by atoms with Crippen molar-refractivity contribution in [2.75, 3.05) is 10.6 Å². The first-order valence-corrected chi connectivity index (χ1v) is 6.02. The van der Waals surface area contributed by atoms with Gasteiger partial charge in [0.1, 0.15) is 0 Å². The van der Waals surface area contributed by atoms with Crippen LogP contribution < -0.4 is 10.6 Å². The van der Waals surface area contributed by atoms with E-state index in [1.54, 1.807) is 6.20 Å². The largest absolute Gasteiger partial charge is 0.325 e. The third-order valence-electron chi connectivity index (χ3n) is 2.12. The average Bonchev–Trinajstić information content (AvgIpc) is 2.63. The van der Waals surface area contributed by atoms with Gasteiger partial charge in [-0.3, -0.25) is 5.32 Å². The summed E-state index contributed by atoms with van der Waals surface area (Å²) in [6.07, 6.45) is 1.73. The summed E-state index contributed by atoms with van der Waals surface area (Å²) >= 11 is 1.45. The molecule has 1 heterocycles. The van der Waals surface area contributed by atoms with Crippen LogP contribution in [-0.2, 0) is 0 Å². The van der Waals surface area contributed by atoms with Crippen molar-refractivity contribution in [3.63, 3.8) is 0 Å². The number of amides is 2. The molecule has 88 valence electrons. The van der Waals surface area contributed by atoms with Crippen LogP contribution in [0.2, 0.25) is 0 Å². The van der Waals surface area contributed by atoms with E-state index < -0.39 is 0 Å². The van der Waals surface area contributed by atoms with Crippen LogP contribution in [0.15, 0.2) is 30.5 Å². The van der Waals surface area contributed by atoms with Gasteiger partial charge < -0.3 is 5.32 Å². The van der Waals surface area contributed by atoms with Crippen molar-refractivity contribution in [3.8, 4) is 0 Å². The molecule has 2 amide bonds. The second kappa shape index (κ2) is 4.97. The van der Waals surface area contributed by atoms with Crippen molar-refractivity contribution in [2.45, 2.75) is 13.8 Å². The number of benzene rings is 1. The van der Waals surface area contributed by atoms with Crippen molar-refractivity contribution >= 4 is 28.2 Å². The van der Waals surface area contributed by atoms with Gasteiger partial charge in [-0.15, -0.1) is 11.3 Å². The van der Waals surface area contributed by atoms with Gasteiger partial charge in [0, 0.05) is 16.8 Å². The number of aromatic nitrogens is 1. The van der Waals surface area contributed by atoms with E-state index in [1.165, 1.54) is 11.3 Å². The summed E-state index contributed by atoms with van der Waals surface area (Å²) in [6.45, 7) is 3.93. The number of nitrogens with zero attached hydrogens (tertiary/aromatic N) is 1. The molecular formula is C12H13N3OS. The molecule has 0 aliphatic rings. The van der Waals surface area contributed by atoms with E-state index in [9.17, 15) is 4.79 Å². The fourth-order valence-corrected chi connectivity index (χ4v) is 2.05. The summed E-state index contributed by atoms with van der Waals surface area (Å²) in [5.41, 5.74) is 1.88. The minimum absolute atomic E-state index is 0.273. The molecule has 4 nitrogen and oxygen atoms in total. The predicted molar refractivity (Wildman–Crippen MR) is 70.7 cm³/mol. The van der Waals surface area contributed by atoms with Crippen molar-refractivity contribution in [1.29, 1.82) is 0 Å². The highest BCUT2D eigenvalue weighted by Crippen LogP contribution is 2.17. The van der Waals surface area contributed by atoms with Crippen LogP contribution in [0.25, 0.3) is 0 Å². The molecule has 0 bridgehead atoms. The lowest BCUT2D eigenvalue weighted by Crippen LogP contribution is -2.19. The second-order valence-corrected chi connectivity index (χ2v) is 4.96. The summed E-state index contributed by atoms with van der Waals surface area (Å²) < 4.78 is 0. The van der Waals surface area contributed by atoms with E-state index in [2.05, 4.69) is 15.6 Å². The number of hydrogen-bond donors (Lipinski definition) is 2. The molecule has 0 radical (unpaired) electrons. The lowest BCUT2D eigenvalue weighted by atomic mass is 10.2. The molecule has 5 heteroatoms. The summed E-state index contributed by atoms with van der Waals surface area (Å²) in [6, 6.07) is 7.36. The molecule has 0 unspecified atom stereocenters. The Morgan fingerprint density at radius 3 is 2.76 bits per heavy atom. The van der Waals surface area contributed by atoms with Crippen LogP contribution in [0.5, 0.6) is 0 Å². The van der Waals surface area contributed by atoms with Gasteiger partial charge in [-0.05, 0) is 31.5 Å². The lowest BCUT2D eigenvalue weighted by Gasteiger charge is -2.05. The summed E-state index contributed by atoms with van der Waals surface area (Å²) in [5.74, 6) is 0. The zero-order valence-electron chi connectivity index (χ0n) is 9.65. The minimum atomic E-state index is -0.273.